The number of guanidine groups is 1. The van der Waals surface area contributed by atoms with Gasteiger partial charge in [0.05, 0.1) is 11.4 Å². The second-order valence-electron chi connectivity index (χ2n) is 3.78. The quantitative estimate of drug-likeness (QED) is 0.369. The highest BCUT2D eigenvalue weighted by Crippen LogP contribution is 2.16. The molecule has 1 amide bonds. The highest BCUT2D eigenvalue weighted by atomic mass is 32.2. The summed E-state index contributed by atoms with van der Waals surface area (Å²) in [7, 11) is 0. The van der Waals surface area contributed by atoms with Crippen molar-refractivity contribution in [2.24, 2.45) is 16.5 Å². The zero-order valence-corrected chi connectivity index (χ0v) is 11.7. The summed E-state index contributed by atoms with van der Waals surface area (Å²) in [6, 6.07) is 6.71. The van der Waals surface area contributed by atoms with Gasteiger partial charge >= 0.3 is 0 Å². The van der Waals surface area contributed by atoms with Crippen LogP contribution in [0.3, 0.4) is 0 Å². The molecule has 7 nitrogen and oxygen atoms in total. The third-order valence-corrected chi connectivity index (χ3v) is 2.92. The molecule has 1 aromatic rings. The summed E-state index contributed by atoms with van der Waals surface area (Å²) in [4.78, 5) is 26.6. The van der Waals surface area contributed by atoms with Gasteiger partial charge in [0.25, 0.3) is 0 Å². The van der Waals surface area contributed by atoms with Gasteiger partial charge < -0.3 is 16.8 Å². The van der Waals surface area contributed by atoms with Crippen LogP contribution in [0, 0.1) is 5.41 Å². The van der Waals surface area contributed by atoms with Crippen LogP contribution in [0.5, 0.6) is 0 Å². The Bertz CT molecular complexity index is 567. The summed E-state index contributed by atoms with van der Waals surface area (Å²) in [5, 5.41) is 9.84. The second kappa shape index (κ2) is 7.29. The molecule has 0 heterocycles. The number of amides is 1. The summed E-state index contributed by atoms with van der Waals surface area (Å²) in [6.45, 7) is 1.42. The van der Waals surface area contributed by atoms with Gasteiger partial charge in [-0.25, -0.2) is 0 Å². The number of hydrogen-bond acceptors (Lipinski definition) is 4. The zero-order valence-electron chi connectivity index (χ0n) is 10.8. The van der Waals surface area contributed by atoms with Crippen LogP contribution in [0.15, 0.2) is 29.3 Å². The number of hydrogen-bond donors (Lipinski definition) is 4. The van der Waals surface area contributed by atoms with Crippen molar-refractivity contribution in [3.63, 3.8) is 0 Å². The number of carbonyl (C=O) groups is 2. The number of nitrogens with two attached hydrogens (primary N) is 2. The first kappa shape index (κ1) is 15.7. The van der Waals surface area contributed by atoms with Gasteiger partial charge in [-0.1, -0.05) is 23.9 Å². The van der Waals surface area contributed by atoms with E-state index in [1.54, 1.807) is 24.3 Å². The number of aliphatic imine (C=N–C) groups is 1. The Balaban J connectivity index is 2.62. The molecule has 6 N–H and O–H groups in total. The normalized spacial score (nSPS) is 9.65. The van der Waals surface area contributed by atoms with Crippen LogP contribution in [0.4, 0.5) is 5.69 Å². The number of ketones is 1. The lowest BCUT2D eigenvalue weighted by Crippen LogP contribution is -2.24. The van der Waals surface area contributed by atoms with E-state index in [0.717, 1.165) is 11.8 Å². The number of thioether (sulfide) groups is 1. The molecule has 0 radical (unpaired) electrons. The second-order valence-corrected chi connectivity index (χ2v) is 4.74. The SMILES string of the molecule is CC(=O)c1ccccc1NC(=O)CSC(=N)N=C(N)N. The van der Waals surface area contributed by atoms with E-state index >= 15 is 0 Å². The van der Waals surface area contributed by atoms with Crippen molar-refractivity contribution in [1.29, 1.82) is 5.41 Å². The molecule has 20 heavy (non-hydrogen) atoms. The largest absolute Gasteiger partial charge is 0.370 e. The van der Waals surface area contributed by atoms with Gasteiger partial charge in [0.15, 0.2) is 16.9 Å². The lowest BCUT2D eigenvalue weighted by molar-refractivity contribution is -0.113. The third-order valence-electron chi connectivity index (χ3n) is 2.15. The van der Waals surface area contributed by atoms with Crippen LogP contribution in [0.25, 0.3) is 0 Å². The van der Waals surface area contributed by atoms with E-state index in [0.29, 0.717) is 11.3 Å². The van der Waals surface area contributed by atoms with Gasteiger partial charge in [-0.05, 0) is 19.1 Å². The van der Waals surface area contributed by atoms with Gasteiger partial charge in [-0.15, -0.1) is 0 Å². The van der Waals surface area contributed by atoms with Gasteiger partial charge in [0, 0.05) is 5.56 Å². The van der Waals surface area contributed by atoms with Crippen LogP contribution < -0.4 is 16.8 Å². The van der Waals surface area contributed by atoms with E-state index in [-0.39, 0.29) is 28.6 Å². The highest BCUT2D eigenvalue weighted by Gasteiger charge is 2.10. The van der Waals surface area contributed by atoms with Crippen molar-refractivity contribution in [2.45, 2.75) is 6.92 Å². The van der Waals surface area contributed by atoms with E-state index in [4.69, 9.17) is 16.9 Å². The number of para-hydroxylation sites is 1. The molecule has 0 aliphatic carbocycles. The smallest absolute Gasteiger partial charge is 0.234 e. The number of carbonyl (C=O) groups excluding carboxylic acids is 2. The van der Waals surface area contributed by atoms with Crippen molar-refractivity contribution in [3.05, 3.63) is 29.8 Å². The first-order valence-electron chi connectivity index (χ1n) is 5.61. The molecular formula is C12H15N5O2S. The molecule has 0 bridgehead atoms. The van der Waals surface area contributed by atoms with E-state index < -0.39 is 0 Å². The molecular weight excluding hydrogens is 278 g/mol. The summed E-state index contributed by atoms with van der Waals surface area (Å²) < 4.78 is 0. The maximum atomic E-state index is 11.7. The third kappa shape index (κ3) is 5.11. The monoisotopic (exact) mass is 293 g/mol. The van der Waals surface area contributed by atoms with Gasteiger partial charge in [-0.3, -0.25) is 15.0 Å². The first-order valence-corrected chi connectivity index (χ1v) is 6.59. The summed E-state index contributed by atoms with van der Waals surface area (Å²) in [5.74, 6) is -0.743. The number of anilines is 1. The van der Waals surface area contributed by atoms with Crippen molar-refractivity contribution < 1.29 is 9.59 Å². The van der Waals surface area contributed by atoms with Crippen LogP contribution in [-0.4, -0.2) is 28.6 Å². The van der Waals surface area contributed by atoms with Gasteiger partial charge in [0.2, 0.25) is 5.91 Å². The number of nitrogens with zero attached hydrogens (tertiary/aromatic N) is 1. The summed E-state index contributed by atoms with van der Waals surface area (Å²) in [5.41, 5.74) is 11.1. The molecule has 0 spiro atoms. The molecule has 106 valence electrons. The average Bonchev–Trinajstić information content (AvgIpc) is 2.36. The maximum Gasteiger partial charge on any atom is 0.234 e. The van der Waals surface area contributed by atoms with E-state index in [2.05, 4.69) is 10.3 Å². The lowest BCUT2D eigenvalue weighted by atomic mass is 10.1. The molecule has 1 aromatic carbocycles. The Morgan fingerprint density at radius 1 is 1.35 bits per heavy atom. The topological polar surface area (TPSA) is 134 Å². The van der Waals surface area contributed by atoms with Crippen LogP contribution in [-0.2, 0) is 4.79 Å². The number of nitrogens with one attached hydrogen (secondary N) is 2. The molecule has 1 rings (SSSR count). The van der Waals surface area contributed by atoms with E-state index in [1.807, 2.05) is 0 Å². The minimum Gasteiger partial charge on any atom is -0.370 e. The Hall–Kier alpha value is -2.35. The standard InChI is InChI=1S/C12H15N5O2S/c1-7(18)8-4-2-3-5-9(8)16-10(19)6-20-12(15)17-11(13)14/h2-5H,6H2,1H3,(H,16,19)(H5,13,14,15,17). The molecule has 0 fully saturated rings. The fourth-order valence-electron chi connectivity index (χ4n) is 1.37. The molecule has 0 atom stereocenters. The van der Waals surface area contributed by atoms with Crippen LogP contribution in [0.1, 0.15) is 17.3 Å². The maximum absolute atomic E-state index is 11.7. The molecule has 0 saturated heterocycles. The summed E-state index contributed by atoms with van der Waals surface area (Å²) in [6.07, 6.45) is 0. The van der Waals surface area contributed by atoms with Crippen LogP contribution >= 0.6 is 11.8 Å². The van der Waals surface area contributed by atoms with Gasteiger partial charge in [0.1, 0.15) is 0 Å². The van der Waals surface area contributed by atoms with Crippen molar-refractivity contribution in [3.8, 4) is 0 Å². The van der Waals surface area contributed by atoms with Crippen LogP contribution in [0.2, 0.25) is 0 Å². The fraction of sp³-hybridized carbons (Fsp3) is 0.167. The fourth-order valence-corrected chi connectivity index (χ4v) is 1.88. The molecule has 0 aliphatic heterocycles. The summed E-state index contributed by atoms with van der Waals surface area (Å²) >= 11 is 0.885. The average molecular weight is 293 g/mol. The van der Waals surface area contributed by atoms with Gasteiger partial charge in [-0.2, -0.15) is 4.99 Å². The molecule has 0 aliphatic rings. The van der Waals surface area contributed by atoms with E-state index in [1.165, 1.54) is 6.92 Å². The Labute approximate surface area is 120 Å². The minimum atomic E-state index is -0.348. The Morgan fingerprint density at radius 2 is 2.00 bits per heavy atom. The number of Topliss-reactive ketones (excluding diaryl/α,β-unsaturated/α-hetero) is 1. The Kier molecular flexibility index (Phi) is 5.73. The van der Waals surface area contributed by atoms with Crippen molar-refractivity contribution in [2.75, 3.05) is 11.1 Å². The number of benzene rings is 1. The highest BCUT2D eigenvalue weighted by molar-refractivity contribution is 8.14. The first-order chi connectivity index (χ1) is 9.40. The Morgan fingerprint density at radius 3 is 2.60 bits per heavy atom. The minimum absolute atomic E-state index is 0.0259. The predicted molar refractivity (Wildman–Crippen MR) is 81.1 cm³/mol. The predicted octanol–water partition coefficient (Wildman–Crippen LogP) is 0.769. The molecule has 0 aromatic heterocycles. The number of rotatable bonds is 4. The molecule has 0 unspecified atom stereocenters. The van der Waals surface area contributed by atoms with E-state index in [9.17, 15) is 9.59 Å². The number of amidine groups is 1. The molecule has 8 heteroatoms. The zero-order chi connectivity index (χ0) is 15.1. The lowest BCUT2D eigenvalue weighted by Gasteiger charge is -2.08. The van der Waals surface area contributed by atoms with Crippen molar-refractivity contribution >= 4 is 40.3 Å². The van der Waals surface area contributed by atoms with Crippen molar-refractivity contribution in [1.82, 2.24) is 0 Å². The molecule has 0 saturated carbocycles.